The molecule has 5 nitrogen and oxygen atoms in total. The van der Waals surface area contributed by atoms with E-state index in [2.05, 4.69) is 20.6 Å². The van der Waals surface area contributed by atoms with Crippen LogP contribution in [0.1, 0.15) is 21.2 Å². The number of amides is 1. The Morgan fingerprint density at radius 3 is 2.83 bits per heavy atom. The smallest absolute Gasteiger partial charge is 0.270 e. The molecule has 0 spiro atoms. The van der Waals surface area contributed by atoms with Crippen LogP contribution in [-0.2, 0) is 6.54 Å². The first kappa shape index (κ1) is 12.5. The standard InChI is InChI=1S/C12H14N4OS/c1-8-7-18-11(16-8)6-15-12(17)10-4-3-9(13-2)5-14-10/h3-5,7,13H,6H2,1-2H3,(H,15,17). The third-order valence-corrected chi connectivity index (χ3v) is 3.32. The molecule has 0 radical (unpaired) electrons. The molecule has 0 atom stereocenters. The molecule has 2 aromatic heterocycles. The first-order valence-corrected chi connectivity index (χ1v) is 6.40. The molecule has 0 aliphatic rings. The van der Waals surface area contributed by atoms with E-state index in [0.29, 0.717) is 12.2 Å². The number of hydrogen-bond acceptors (Lipinski definition) is 5. The number of pyridine rings is 1. The number of aryl methyl sites for hydroxylation is 1. The molecular weight excluding hydrogens is 248 g/mol. The molecule has 0 unspecified atom stereocenters. The van der Waals surface area contributed by atoms with Gasteiger partial charge in [-0.25, -0.2) is 9.97 Å². The summed E-state index contributed by atoms with van der Waals surface area (Å²) in [5, 5.41) is 8.60. The van der Waals surface area contributed by atoms with E-state index in [9.17, 15) is 4.79 Å². The SMILES string of the molecule is CNc1ccc(C(=O)NCc2nc(C)cs2)nc1. The van der Waals surface area contributed by atoms with Crippen molar-refractivity contribution in [3.8, 4) is 0 Å². The molecule has 2 N–H and O–H groups in total. The van der Waals surface area contributed by atoms with Gasteiger partial charge in [0.15, 0.2) is 0 Å². The van der Waals surface area contributed by atoms with Crippen molar-refractivity contribution in [1.29, 1.82) is 0 Å². The maximum absolute atomic E-state index is 11.8. The van der Waals surface area contributed by atoms with Gasteiger partial charge in [0.25, 0.3) is 5.91 Å². The van der Waals surface area contributed by atoms with Crippen molar-refractivity contribution in [2.75, 3.05) is 12.4 Å². The predicted molar refractivity (Wildman–Crippen MR) is 71.8 cm³/mol. The first-order valence-electron chi connectivity index (χ1n) is 5.52. The summed E-state index contributed by atoms with van der Waals surface area (Å²) in [6.07, 6.45) is 1.63. The fraction of sp³-hybridized carbons (Fsp3) is 0.250. The van der Waals surface area contributed by atoms with Gasteiger partial charge in [0.05, 0.1) is 18.4 Å². The highest BCUT2D eigenvalue weighted by Crippen LogP contribution is 2.09. The topological polar surface area (TPSA) is 66.9 Å². The minimum Gasteiger partial charge on any atom is -0.387 e. The van der Waals surface area contributed by atoms with Gasteiger partial charge in [-0.2, -0.15) is 0 Å². The van der Waals surface area contributed by atoms with E-state index >= 15 is 0 Å². The number of hydrogen-bond donors (Lipinski definition) is 2. The second-order valence-electron chi connectivity index (χ2n) is 3.75. The maximum Gasteiger partial charge on any atom is 0.270 e. The summed E-state index contributed by atoms with van der Waals surface area (Å²) in [5.41, 5.74) is 2.25. The largest absolute Gasteiger partial charge is 0.387 e. The molecule has 2 rings (SSSR count). The van der Waals surface area contributed by atoms with Gasteiger partial charge in [-0.15, -0.1) is 11.3 Å². The molecule has 0 saturated carbocycles. The number of nitrogens with one attached hydrogen (secondary N) is 2. The Labute approximate surface area is 109 Å². The molecule has 0 aromatic carbocycles. The number of carbonyl (C=O) groups excluding carboxylic acids is 1. The number of aromatic nitrogens is 2. The second-order valence-corrected chi connectivity index (χ2v) is 4.69. The van der Waals surface area contributed by atoms with Crippen molar-refractivity contribution in [2.45, 2.75) is 13.5 Å². The van der Waals surface area contributed by atoms with Gasteiger partial charge >= 0.3 is 0 Å². The lowest BCUT2D eigenvalue weighted by molar-refractivity contribution is 0.0946. The lowest BCUT2D eigenvalue weighted by atomic mass is 10.3. The molecule has 0 saturated heterocycles. The maximum atomic E-state index is 11.8. The molecule has 18 heavy (non-hydrogen) atoms. The Morgan fingerprint density at radius 1 is 1.44 bits per heavy atom. The van der Waals surface area contributed by atoms with Crippen molar-refractivity contribution in [3.05, 3.63) is 40.1 Å². The van der Waals surface area contributed by atoms with E-state index < -0.39 is 0 Å². The van der Waals surface area contributed by atoms with E-state index in [4.69, 9.17) is 0 Å². The van der Waals surface area contributed by atoms with Crippen LogP contribution in [0.25, 0.3) is 0 Å². The van der Waals surface area contributed by atoms with Crippen LogP contribution in [0, 0.1) is 6.92 Å². The normalized spacial score (nSPS) is 10.1. The third-order valence-electron chi connectivity index (χ3n) is 2.35. The van der Waals surface area contributed by atoms with Gasteiger partial charge in [0.2, 0.25) is 0 Å². The van der Waals surface area contributed by atoms with Gasteiger partial charge < -0.3 is 10.6 Å². The molecule has 1 amide bonds. The minimum atomic E-state index is -0.189. The number of anilines is 1. The minimum absolute atomic E-state index is 0.189. The predicted octanol–water partition coefficient (Wildman–Crippen LogP) is 1.82. The van der Waals surface area contributed by atoms with Gasteiger partial charge in [0.1, 0.15) is 10.7 Å². The monoisotopic (exact) mass is 262 g/mol. The van der Waals surface area contributed by atoms with Crippen molar-refractivity contribution >= 4 is 22.9 Å². The van der Waals surface area contributed by atoms with E-state index in [1.54, 1.807) is 12.3 Å². The summed E-state index contributed by atoms with van der Waals surface area (Å²) in [6, 6.07) is 3.50. The summed E-state index contributed by atoms with van der Waals surface area (Å²) < 4.78 is 0. The quantitative estimate of drug-likeness (QED) is 0.882. The average Bonchev–Trinajstić information content (AvgIpc) is 2.82. The third kappa shape index (κ3) is 3.04. The molecule has 6 heteroatoms. The second kappa shape index (κ2) is 5.59. The zero-order valence-corrected chi connectivity index (χ0v) is 11.0. The van der Waals surface area contributed by atoms with Crippen LogP contribution in [0.4, 0.5) is 5.69 Å². The van der Waals surface area contributed by atoms with Crippen LogP contribution in [0.2, 0.25) is 0 Å². The Balaban J connectivity index is 1.94. The highest BCUT2D eigenvalue weighted by molar-refractivity contribution is 7.09. The lowest BCUT2D eigenvalue weighted by Crippen LogP contribution is -2.23. The first-order chi connectivity index (χ1) is 8.69. The number of carbonyl (C=O) groups is 1. The van der Waals surface area contributed by atoms with Crippen molar-refractivity contribution in [2.24, 2.45) is 0 Å². The van der Waals surface area contributed by atoms with Gasteiger partial charge in [-0.3, -0.25) is 4.79 Å². The Hall–Kier alpha value is -1.95. The van der Waals surface area contributed by atoms with Crippen LogP contribution in [0.5, 0.6) is 0 Å². The number of thiazole rings is 1. The van der Waals surface area contributed by atoms with Crippen LogP contribution >= 0.6 is 11.3 Å². The van der Waals surface area contributed by atoms with E-state index in [0.717, 1.165) is 16.4 Å². The van der Waals surface area contributed by atoms with Crippen LogP contribution in [0.15, 0.2) is 23.7 Å². The van der Waals surface area contributed by atoms with Crippen molar-refractivity contribution in [1.82, 2.24) is 15.3 Å². The lowest BCUT2D eigenvalue weighted by Gasteiger charge is -2.03. The van der Waals surface area contributed by atoms with Crippen molar-refractivity contribution < 1.29 is 4.79 Å². The molecule has 2 aromatic rings. The van der Waals surface area contributed by atoms with Gasteiger partial charge in [0, 0.05) is 18.1 Å². The molecular formula is C12H14N4OS. The molecule has 0 bridgehead atoms. The molecule has 2 heterocycles. The fourth-order valence-electron chi connectivity index (χ4n) is 1.41. The molecule has 0 aliphatic carbocycles. The number of nitrogens with zero attached hydrogens (tertiary/aromatic N) is 2. The van der Waals surface area contributed by atoms with Gasteiger partial charge in [-0.1, -0.05) is 0 Å². The molecule has 0 fully saturated rings. The molecule has 0 aliphatic heterocycles. The van der Waals surface area contributed by atoms with E-state index in [-0.39, 0.29) is 5.91 Å². The summed E-state index contributed by atoms with van der Waals surface area (Å²) in [5.74, 6) is -0.189. The zero-order chi connectivity index (χ0) is 13.0. The van der Waals surface area contributed by atoms with Crippen molar-refractivity contribution in [3.63, 3.8) is 0 Å². The highest BCUT2D eigenvalue weighted by Gasteiger charge is 2.07. The fourth-order valence-corrected chi connectivity index (χ4v) is 2.12. The van der Waals surface area contributed by atoms with Crippen LogP contribution < -0.4 is 10.6 Å². The Bertz CT molecular complexity index is 535. The highest BCUT2D eigenvalue weighted by atomic mass is 32.1. The average molecular weight is 262 g/mol. The summed E-state index contributed by atoms with van der Waals surface area (Å²) in [4.78, 5) is 20.2. The Kier molecular flexibility index (Phi) is 3.88. The van der Waals surface area contributed by atoms with Crippen LogP contribution in [-0.4, -0.2) is 22.9 Å². The van der Waals surface area contributed by atoms with Crippen LogP contribution in [0.3, 0.4) is 0 Å². The van der Waals surface area contributed by atoms with E-state index in [1.807, 2.05) is 25.4 Å². The van der Waals surface area contributed by atoms with E-state index in [1.165, 1.54) is 11.3 Å². The summed E-state index contributed by atoms with van der Waals surface area (Å²) in [7, 11) is 1.81. The summed E-state index contributed by atoms with van der Waals surface area (Å²) >= 11 is 1.54. The summed E-state index contributed by atoms with van der Waals surface area (Å²) in [6.45, 7) is 2.37. The number of rotatable bonds is 4. The zero-order valence-electron chi connectivity index (χ0n) is 10.2. The van der Waals surface area contributed by atoms with Gasteiger partial charge in [-0.05, 0) is 19.1 Å². The molecule has 94 valence electrons. The Morgan fingerprint density at radius 2 is 2.28 bits per heavy atom.